The number of nitrogens with zero attached hydrogens (tertiary/aromatic N) is 1. The highest BCUT2D eigenvalue weighted by atomic mass is 16.5. The van der Waals surface area contributed by atoms with Gasteiger partial charge in [-0.05, 0) is 24.6 Å². The standard InChI is InChI=1S/C18H17NO3/c20-18(21)13-5-6-15-14-3-1-2-4-16(14)19(17(15)9-13)10-12-7-8-22-11-12/h1-6,9,12H,7-8,10-11H2,(H,20,21). The molecule has 1 atom stereocenters. The molecular weight excluding hydrogens is 278 g/mol. The van der Waals surface area contributed by atoms with Crippen molar-refractivity contribution in [1.29, 1.82) is 0 Å². The predicted molar refractivity (Wildman–Crippen MR) is 85.3 cm³/mol. The van der Waals surface area contributed by atoms with Crippen LogP contribution in [-0.4, -0.2) is 28.9 Å². The Labute approximate surface area is 127 Å². The van der Waals surface area contributed by atoms with Gasteiger partial charge in [-0.25, -0.2) is 4.79 Å². The van der Waals surface area contributed by atoms with Crippen LogP contribution < -0.4 is 0 Å². The van der Waals surface area contributed by atoms with Gasteiger partial charge in [-0.1, -0.05) is 24.3 Å². The number of aromatic nitrogens is 1. The summed E-state index contributed by atoms with van der Waals surface area (Å²) in [7, 11) is 0. The number of aromatic carboxylic acids is 1. The van der Waals surface area contributed by atoms with Crippen molar-refractivity contribution >= 4 is 27.8 Å². The van der Waals surface area contributed by atoms with Crippen molar-refractivity contribution < 1.29 is 14.6 Å². The third-order valence-electron chi connectivity index (χ3n) is 4.49. The molecule has 1 aliphatic heterocycles. The highest BCUT2D eigenvalue weighted by molar-refractivity contribution is 6.09. The van der Waals surface area contributed by atoms with Gasteiger partial charge < -0.3 is 14.4 Å². The molecular formula is C18H17NO3. The summed E-state index contributed by atoms with van der Waals surface area (Å²) in [6.45, 7) is 2.47. The fourth-order valence-electron chi connectivity index (χ4n) is 3.36. The number of para-hydroxylation sites is 1. The number of fused-ring (bicyclic) bond motifs is 3. The molecule has 112 valence electrons. The summed E-state index contributed by atoms with van der Waals surface area (Å²) in [5.74, 6) is -0.393. The number of rotatable bonds is 3. The van der Waals surface area contributed by atoms with E-state index >= 15 is 0 Å². The van der Waals surface area contributed by atoms with Crippen LogP contribution in [0.3, 0.4) is 0 Å². The minimum absolute atomic E-state index is 0.333. The average Bonchev–Trinajstić information content (AvgIpc) is 3.15. The second kappa shape index (κ2) is 5.14. The molecule has 2 aromatic carbocycles. The van der Waals surface area contributed by atoms with E-state index in [9.17, 15) is 9.90 Å². The Hall–Kier alpha value is -2.33. The van der Waals surface area contributed by atoms with Crippen molar-refractivity contribution in [2.45, 2.75) is 13.0 Å². The summed E-state index contributed by atoms with van der Waals surface area (Å²) < 4.78 is 7.73. The van der Waals surface area contributed by atoms with E-state index < -0.39 is 5.97 Å². The van der Waals surface area contributed by atoms with Crippen molar-refractivity contribution in [2.75, 3.05) is 13.2 Å². The molecule has 1 aliphatic rings. The topological polar surface area (TPSA) is 51.5 Å². The smallest absolute Gasteiger partial charge is 0.335 e. The first-order valence-electron chi connectivity index (χ1n) is 7.56. The number of hydrogen-bond acceptors (Lipinski definition) is 2. The number of carbonyl (C=O) groups is 1. The van der Waals surface area contributed by atoms with E-state index in [1.807, 2.05) is 18.2 Å². The SMILES string of the molecule is O=C(O)c1ccc2c3ccccc3n(CC3CCOC3)c2c1. The molecule has 1 aromatic heterocycles. The van der Waals surface area contributed by atoms with Crippen LogP contribution in [-0.2, 0) is 11.3 Å². The first-order valence-corrected chi connectivity index (χ1v) is 7.56. The van der Waals surface area contributed by atoms with Crippen molar-refractivity contribution in [3.05, 3.63) is 48.0 Å². The molecule has 1 N–H and O–H groups in total. The molecule has 2 heterocycles. The number of hydrogen-bond donors (Lipinski definition) is 1. The second-order valence-electron chi connectivity index (χ2n) is 5.89. The second-order valence-corrected chi connectivity index (χ2v) is 5.89. The van der Waals surface area contributed by atoms with Gasteiger partial charge in [0.05, 0.1) is 12.2 Å². The molecule has 4 heteroatoms. The first kappa shape index (κ1) is 13.3. The van der Waals surface area contributed by atoms with Gasteiger partial charge in [-0.3, -0.25) is 0 Å². The van der Waals surface area contributed by atoms with Crippen LogP contribution in [0.5, 0.6) is 0 Å². The van der Waals surface area contributed by atoms with Crippen LogP contribution in [0.1, 0.15) is 16.8 Å². The number of carboxylic acids is 1. The van der Waals surface area contributed by atoms with E-state index in [0.29, 0.717) is 11.5 Å². The average molecular weight is 295 g/mol. The van der Waals surface area contributed by atoms with Gasteiger partial charge in [-0.15, -0.1) is 0 Å². The maximum Gasteiger partial charge on any atom is 0.335 e. The Bertz CT molecular complexity index is 859. The fourth-order valence-corrected chi connectivity index (χ4v) is 3.36. The van der Waals surface area contributed by atoms with Gasteiger partial charge in [0.2, 0.25) is 0 Å². The highest BCUT2D eigenvalue weighted by Crippen LogP contribution is 2.31. The lowest BCUT2D eigenvalue weighted by Gasteiger charge is -2.12. The van der Waals surface area contributed by atoms with Crippen LogP contribution in [0.4, 0.5) is 0 Å². The molecule has 0 radical (unpaired) electrons. The molecule has 0 spiro atoms. The molecule has 0 bridgehead atoms. The molecule has 22 heavy (non-hydrogen) atoms. The minimum Gasteiger partial charge on any atom is -0.478 e. The van der Waals surface area contributed by atoms with Crippen molar-refractivity contribution in [2.24, 2.45) is 5.92 Å². The van der Waals surface area contributed by atoms with E-state index in [4.69, 9.17) is 4.74 Å². The van der Waals surface area contributed by atoms with Gasteiger partial charge in [0.25, 0.3) is 0 Å². The van der Waals surface area contributed by atoms with Crippen molar-refractivity contribution in [3.63, 3.8) is 0 Å². The summed E-state index contributed by atoms with van der Waals surface area (Å²) in [5.41, 5.74) is 2.49. The largest absolute Gasteiger partial charge is 0.478 e. The van der Waals surface area contributed by atoms with Crippen LogP contribution in [0.25, 0.3) is 21.8 Å². The summed E-state index contributed by atoms with van der Waals surface area (Å²) in [5, 5.41) is 11.6. The molecule has 0 amide bonds. The van der Waals surface area contributed by atoms with Gasteiger partial charge in [0.15, 0.2) is 0 Å². The maximum atomic E-state index is 11.3. The van der Waals surface area contributed by atoms with Gasteiger partial charge in [0.1, 0.15) is 0 Å². The Morgan fingerprint density at radius 2 is 2.00 bits per heavy atom. The normalized spacial score (nSPS) is 18.3. The third-order valence-corrected chi connectivity index (χ3v) is 4.49. The van der Waals surface area contributed by atoms with E-state index in [0.717, 1.165) is 42.6 Å². The number of ether oxygens (including phenoxy) is 1. The van der Waals surface area contributed by atoms with Gasteiger partial charge >= 0.3 is 5.97 Å². The van der Waals surface area contributed by atoms with Gasteiger partial charge in [-0.2, -0.15) is 0 Å². The molecule has 1 unspecified atom stereocenters. The Morgan fingerprint density at radius 3 is 2.77 bits per heavy atom. The molecule has 1 saturated heterocycles. The zero-order valence-electron chi connectivity index (χ0n) is 12.2. The van der Waals surface area contributed by atoms with Crippen LogP contribution in [0.2, 0.25) is 0 Å². The lowest BCUT2D eigenvalue weighted by molar-refractivity contribution is 0.0697. The lowest BCUT2D eigenvalue weighted by atomic mass is 10.1. The summed E-state index contributed by atoms with van der Waals surface area (Å²) in [6.07, 6.45) is 1.06. The number of benzene rings is 2. The lowest BCUT2D eigenvalue weighted by Crippen LogP contribution is -2.10. The van der Waals surface area contributed by atoms with Gasteiger partial charge in [0, 0.05) is 40.9 Å². The predicted octanol–water partition coefficient (Wildman–Crippen LogP) is 3.53. The van der Waals surface area contributed by atoms with E-state index in [1.54, 1.807) is 12.1 Å². The van der Waals surface area contributed by atoms with Crippen molar-refractivity contribution in [3.8, 4) is 0 Å². The maximum absolute atomic E-state index is 11.3. The molecule has 0 saturated carbocycles. The summed E-state index contributed by atoms with van der Waals surface area (Å²) in [4.78, 5) is 11.3. The molecule has 1 fully saturated rings. The van der Waals surface area contributed by atoms with Crippen molar-refractivity contribution in [1.82, 2.24) is 4.57 Å². The Kier molecular flexibility index (Phi) is 3.12. The first-order chi connectivity index (χ1) is 10.7. The highest BCUT2D eigenvalue weighted by Gasteiger charge is 2.19. The molecule has 0 aliphatic carbocycles. The molecule has 4 rings (SSSR count). The number of carboxylic acid groups (broad SMARTS) is 1. The van der Waals surface area contributed by atoms with E-state index in [2.05, 4.69) is 16.7 Å². The fraction of sp³-hybridized carbons (Fsp3) is 0.278. The van der Waals surface area contributed by atoms with Crippen LogP contribution >= 0.6 is 0 Å². The monoisotopic (exact) mass is 295 g/mol. The molecule has 4 nitrogen and oxygen atoms in total. The van der Waals surface area contributed by atoms with E-state index in [1.165, 1.54) is 5.39 Å². The Balaban J connectivity index is 1.95. The zero-order chi connectivity index (χ0) is 15.1. The Morgan fingerprint density at radius 1 is 1.18 bits per heavy atom. The zero-order valence-corrected chi connectivity index (χ0v) is 12.2. The van der Waals surface area contributed by atoms with Crippen LogP contribution in [0, 0.1) is 5.92 Å². The summed E-state index contributed by atoms with van der Waals surface area (Å²) >= 11 is 0. The molecule has 3 aromatic rings. The van der Waals surface area contributed by atoms with Crippen LogP contribution in [0.15, 0.2) is 42.5 Å². The third kappa shape index (κ3) is 2.07. The minimum atomic E-state index is -0.886. The summed E-state index contributed by atoms with van der Waals surface area (Å²) in [6, 6.07) is 13.6. The quantitative estimate of drug-likeness (QED) is 0.804. The van der Waals surface area contributed by atoms with E-state index in [-0.39, 0.29) is 0 Å².